The Kier molecular flexibility index (Phi) is 6.42. The van der Waals surface area contributed by atoms with Gasteiger partial charge in [0.1, 0.15) is 11.2 Å². The second-order valence-electron chi connectivity index (χ2n) is 13.3. The summed E-state index contributed by atoms with van der Waals surface area (Å²) in [6.45, 7) is 0. The van der Waals surface area contributed by atoms with Crippen LogP contribution in [0.25, 0.3) is 80.7 Å². The number of aromatic nitrogens is 1. The minimum atomic E-state index is 0.884. The molecular weight excluding hydrogens is 653 g/mol. The SMILES string of the molecule is c1ccc(-c2ccc(N(c3ccc4oc5ccccc5c4c3)c3ccc4c5ccccc5n(-c5ccccc5)c4c3)c3c2sc2ccccc23)cc1. The Balaban J connectivity index is 1.24. The molecule has 0 aliphatic rings. The Morgan fingerprint density at radius 3 is 1.98 bits per heavy atom. The first-order valence-corrected chi connectivity index (χ1v) is 18.4. The van der Waals surface area contributed by atoms with Gasteiger partial charge in [0.2, 0.25) is 0 Å². The van der Waals surface area contributed by atoms with Gasteiger partial charge in [0.15, 0.2) is 0 Å². The summed E-state index contributed by atoms with van der Waals surface area (Å²) in [5.41, 5.74) is 11.0. The lowest BCUT2D eigenvalue weighted by molar-refractivity contribution is 0.669. The zero-order chi connectivity index (χ0) is 34.2. The van der Waals surface area contributed by atoms with Gasteiger partial charge < -0.3 is 13.9 Å². The topological polar surface area (TPSA) is 21.3 Å². The van der Waals surface area contributed by atoms with Gasteiger partial charge in [0, 0.05) is 58.8 Å². The van der Waals surface area contributed by atoms with Crippen LogP contribution in [0.5, 0.6) is 0 Å². The summed E-state index contributed by atoms with van der Waals surface area (Å²) in [4.78, 5) is 2.45. The number of furan rings is 1. The van der Waals surface area contributed by atoms with Crippen molar-refractivity contribution in [1.29, 1.82) is 0 Å². The third-order valence-corrected chi connectivity index (χ3v) is 11.6. The predicted molar refractivity (Wildman–Crippen MR) is 221 cm³/mol. The standard InChI is InChI=1S/C48H30N2OS/c1-3-13-31(14-4-1)35-26-27-42(47-39-19-9-12-22-46(39)52-48(35)47)49(33-24-28-45-40(29-33)38-18-8-11-21-44(38)51-45)34-23-25-37-36-17-7-10-20-41(36)50(43(37)30-34)32-15-5-2-6-16-32/h1-30H. The van der Waals surface area contributed by atoms with Gasteiger partial charge in [0.25, 0.3) is 0 Å². The van der Waals surface area contributed by atoms with E-state index in [4.69, 9.17) is 4.42 Å². The third kappa shape index (κ3) is 4.38. The fourth-order valence-corrected chi connectivity index (χ4v) is 9.33. The molecule has 0 unspecified atom stereocenters. The predicted octanol–water partition coefficient (Wildman–Crippen LogP) is 14.2. The normalized spacial score (nSPS) is 11.8. The van der Waals surface area contributed by atoms with Crippen LogP contribution in [-0.4, -0.2) is 4.57 Å². The first-order chi connectivity index (χ1) is 25.8. The number of benzene rings is 8. The molecule has 3 aromatic heterocycles. The monoisotopic (exact) mass is 682 g/mol. The van der Waals surface area contributed by atoms with Gasteiger partial charge in [-0.1, -0.05) is 115 Å². The summed E-state index contributed by atoms with van der Waals surface area (Å²) in [6.07, 6.45) is 0. The van der Waals surface area contributed by atoms with Crippen LogP contribution in [0.4, 0.5) is 17.1 Å². The van der Waals surface area contributed by atoms with Crippen LogP contribution < -0.4 is 4.90 Å². The molecule has 52 heavy (non-hydrogen) atoms. The van der Waals surface area contributed by atoms with Crippen molar-refractivity contribution in [2.45, 2.75) is 0 Å². The molecular formula is C48H30N2OS. The van der Waals surface area contributed by atoms with Gasteiger partial charge in [-0.25, -0.2) is 0 Å². The lowest BCUT2D eigenvalue weighted by atomic mass is 10.00. The van der Waals surface area contributed by atoms with Crippen LogP contribution in [0.15, 0.2) is 186 Å². The molecule has 0 spiro atoms. The lowest BCUT2D eigenvalue weighted by Gasteiger charge is -2.27. The molecule has 0 aliphatic carbocycles. The van der Waals surface area contributed by atoms with Crippen molar-refractivity contribution in [3.05, 3.63) is 182 Å². The smallest absolute Gasteiger partial charge is 0.135 e. The van der Waals surface area contributed by atoms with Gasteiger partial charge in [-0.15, -0.1) is 11.3 Å². The van der Waals surface area contributed by atoms with Crippen molar-refractivity contribution in [1.82, 2.24) is 4.57 Å². The molecule has 0 bridgehead atoms. The van der Waals surface area contributed by atoms with E-state index in [-0.39, 0.29) is 0 Å². The maximum Gasteiger partial charge on any atom is 0.135 e. The van der Waals surface area contributed by atoms with E-state index in [9.17, 15) is 0 Å². The third-order valence-electron chi connectivity index (χ3n) is 10.4. The van der Waals surface area contributed by atoms with Gasteiger partial charge in [-0.3, -0.25) is 0 Å². The summed E-state index contributed by atoms with van der Waals surface area (Å²) in [7, 11) is 0. The average molecular weight is 683 g/mol. The zero-order valence-electron chi connectivity index (χ0n) is 28.0. The van der Waals surface area contributed by atoms with Gasteiger partial charge in [0.05, 0.1) is 16.7 Å². The minimum Gasteiger partial charge on any atom is -0.456 e. The van der Waals surface area contributed by atoms with E-state index in [1.165, 1.54) is 47.6 Å². The molecule has 0 saturated carbocycles. The summed E-state index contributed by atoms with van der Waals surface area (Å²) in [5, 5.41) is 7.20. The average Bonchev–Trinajstić information content (AvgIpc) is 3.88. The van der Waals surface area contributed by atoms with Gasteiger partial charge in [-0.2, -0.15) is 0 Å². The van der Waals surface area contributed by atoms with Crippen LogP contribution in [0.2, 0.25) is 0 Å². The highest BCUT2D eigenvalue weighted by Gasteiger charge is 2.23. The van der Waals surface area contributed by atoms with Crippen LogP contribution in [0, 0.1) is 0 Å². The van der Waals surface area contributed by atoms with Crippen molar-refractivity contribution < 1.29 is 4.42 Å². The summed E-state index contributed by atoms with van der Waals surface area (Å²) < 4.78 is 11.3. The molecule has 3 nitrogen and oxygen atoms in total. The van der Waals surface area contributed by atoms with Gasteiger partial charge in [-0.05, 0) is 77.9 Å². The van der Waals surface area contributed by atoms with Crippen LogP contribution in [0.3, 0.4) is 0 Å². The van der Waals surface area contributed by atoms with Crippen LogP contribution in [-0.2, 0) is 0 Å². The van der Waals surface area contributed by atoms with E-state index in [0.717, 1.165) is 50.2 Å². The van der Waals surface area contributed by atoms with Crippen molar-refractivity contribution in [3.63, 3.8) is 0 Å². The number of hydrogen-bond acceptors (Lipinski definition) is 3. The Hall–Kier alpha value is -6.62. The summed E-state index contributed by atoms with van der Waals surface area (Å²) in [5.74, 6) is 0. The fourth-order valence-electron chi connectivity index (χ4n) is 8.08. The second-order valence-corrected chi connectivity index (χ2v) is 14.4. The van der Waals surface area contributed by atoms with Crippen molar-refractivity contribution in [3.8, 4) is 16.8 Å². The molecule has 0 amide bonds. The molecule has 11 rings (SSSR count). The second kappa shape index (κ2) is 11.5. The molecule has 8 aromatic carbocycles. The quantitative estimate of drug-likeness (QED) is 0.180. The van der Waals surface area contributed by atoms with E-state index in [0.29, 0.717) is 0 Å². The van der Waals surface area contributed by atoms with E-state index >= 15 is 0 Å². The highest BCUT2D eigenvalue weighted by Crippen LogP contribution is 2.49. The Bertz CT molecular complexity index is 3130. The summed E-state index contributed by atoms with van der Waals surface area (Å²) in [6, 6.07) is 65.5. The highest BCUT2D eigenvalue weighted by atomic mass is 32.1. The Morgan fingerprint density at radius 2 is 1.12 bits per heavy atom. The number of rotatable bonds is 5. The number of para-hydroxylation sites is 3. The molecule has 0 aliphatic heterocycles. The summed E-state index contributed by atoms with van der Waals surface area (Å²) >= 11 is 1.87. The van der Waals surface area contributed by atoms with Gasteiger partial charge >= 0.3 is 0 Å². The number of nitrogens with zero attached hydrogens (tertiary/aromatic N) is 2. The first-order valence-electron chi connectivity index (χ1n) is 17.6. The maximum absolute atomic E-state index is 6.31. The molecule has 0 radical (unpaired) electrons. The van der Waals surface area contributed by atoms with Crippen molar-refractivity contribution in [2.24, 2.45) is 0 Å². The number of fused-ring (bicyclic) bond motifs is 9. The molecule has 0 saturated heterocycles. The molecule has 4 heteroatoms. The molecule has 11 aromatic rings. The Labute approximate surface area is 303 Å². The van der Waals surface area contributed by atoms with E-state index in [2.05, 4.69) is 179 Å². The maximum atomic E-state index is 6.31. The molecule has 0 atom stereocenters. The number of anilines is 3. The van der Waals surface area contributed by atoms with Crippen LogP contribution >= 0.6 is 11.3 Å². The van der Waals surface area contributed by atoms with Crippen molar-refractivity contribution >= 4 is 92.3 Å². The van der Waals surface area contributed by atoms with E-state index in [1.807, 2.05) is 23.5 Å². The zero-order valence-corrected chi connectivity index (χ0v) is 28.8. The fraction of sp³-hybridized carbons (Fsp3) is 0. The lowest BCUT2D eigenvalue weighted by Crippen LogP contribution is -2.10. The molecule has 244 valence electrons. The van der Waals surface area contributed by atoms with Crippen molar-refractivity contribution in [2.75, 3.05) is 4.90 Å². The Morgan fingerprint density at radius 1 is 0.462 bits per heavy atom. The highest BCUT2D eigenvalue weighted by molar-refractivity contribution is 7.26. The van der Waals surface area contributed by atoms with E-state index < -0.39 is 0 Å². The molecule has 0 fully saturated rings. The van der Waals surface area contributed by atoms with E-state index in [1.54, 1.807) is 0 Å². The first kappa shape index (κ1) is 29.1. The largest absolute Gasteiger partial charge is 0.456 e. The minimum absolute atomic E-state index is 0.884. The molecule has 0 N–H and O–H groups in total. The number of thiophene rings is 1. The number of hydrogen-bond donors (Lipinski definition) is 0. The van der Waals surface area contributed by atoms with Crippen LogP contribution in [0.1, 0.15) is 0 Å². The molecule has 3 heterocycles.